The zero-order valence-corrected chi connectivity index (χ0v) is 63.5. The van der Waals surface area contributed by atoms with Gasteiger partial charge in [0, 0.05) is 203 Å². The molecule has 0 saturated heterocycles. The highest BCUT2D eigenvalue weighted by Gasteiger charge is 2.30. The summed E-state index contributed by atoms with van der Waals surface area (Å²) in [6.07, 6.45) is 81.5. The molecule has 0 fully saturated rings. The maximum atomic E-state index is 11.3. The van der Waals surface area contributed by atoms with Gasteiger partial charge < -0.3 is 14.9 Å². The zero-order chi connectivity index (χ0) is 75.0. The molecular weight excluding hydrogens is 1360 g/mol. The van der Waals surface area contributed by atoms with Crippen LogP contribution in [0.1, 0.15) is 106 Å². The third kappa shape index (κ3) is 18.4. The van der Waals surface area contributed by atoms with Gasteiger partial charge in [-0.05, 0) is 167 Å². The molecule has 7 aliphatic rings. The summed E-state index contributed by atoms with van der Waals surface area (Å²) in [5.74, 6) is -0.752. The largest absolute Gasteiger partial charge is 0.481 e. The lowest BCUT2D eigenvalue weighted by Crippen LogP contribution is -2.34. The van der Waals surface area contributed by atoms with Crippen LogP contribution in [-0.2, 0) is 58.2 Å². The molecule has 548 valence electrons. The number of carboxylic acid groups (broad SMARTS) is 1. The number of rotatable bonds is 30. The average Bonchev–Trinajstić information content (AvgIpc) is 1.63. The second kappa shape index (κ2) is 35.1. The van der Waals surface area contributed by atoms with Crippen molar-refractivity contribution < 1.29 is 46.4 Å². The maximum Gasteiger partial charge on any atom is 0.303 e. The minimum absolute atomic E-state index is 0.184. The molecule has 0 saturated carbocycles. The van der Waals surface area contributed by atoms with Gasteiger partial charge in [-0.15, -0.1) is 0 Å². The highest BCUT2D eigenvalue weighted by atomic mass is 16.4. The number of hydrogen-bond acceptors (Lipinski definition) is 7. The molecule has 0 unspecified atom stereocenters. The summed E-state index contributed by atoms with van der Waals surface area (Å²) in [5, 5.41) is 9.29. The summed E-state index contributed by atoms with van der Waals surface area (Å²) in [6, 6.07) is 35.1. The third-order valence-corrected chi connectivity index (χ3v) is 21.2. The number of carboxylic acids is 1. The second-order valence-electron chi connectivity index (χ2n) is 29.3. The first-order valence-corrected chi connectivity index (χ1v) is 39.1. The predicted molar refractivity (Wildman–Crippen MR) is 433 cm³/mol. The van der Waals surface area contributed by atoms with Gasteiger partial charge in [0.05, 0.1) is 45.6 Å². The van der Waals surface area contributed by atoms with Crippen molar-refractivity contribution in [3.8, 4) is 22.3 Å². The van der Waals surface area contributed by atoms with Crippen LogP contribution in [-0.4, -0.2) is 57.3 Å². The number of aliphatic imine (C=N–C) groups is 4. The number of aromatic nitrogens is 8. The Bertz CT molecular complexity index is 5120. The number of hydrogen-bond donors (Lipinski definition) is 1. The van der Waals surface area contributed by atoms with E-state index in [1.54, 1.807) is 0 Å². The van der Waals surface area contributed by atoms with E-state index in [1.165, 1.54) is 33.4 Å². The van der Waals surface area contributed by atoms with Gasteiger partial charge in [0.15, 0.2) is 99.1 Å². The number of carbonyl (C=O) groups is 1. The summed E-state index contributed by atoms with van der Waals surface area (Å²) in [4.78, 5) is 38.3. The van der Waals surface area contributed by atoms with Crippen molar-refractivity contribution in [3.63, 3.8) is 0 Å². The molecule has 0 spiro atoms. The van der Waals surface area contributed by atoms with Crippen LogP contribution < -0.4 is 36.5 Å². The van der Waals surface area contributed by atoms with E-state index in [2.05, 4.69) is 340 Å². The molecule has 0 aromatic carbocycles. The Balaban J connectivity index is 0.719. The number of unbranched alkanes of at least 4 members (excludes halogenated alkanes) is 8. The van der Waals surface area contributed by atoms with Gasteiger partial charge >= 0.3 is 5.97 Å². The van der Waals surface area contributed by atoms with E-state index in [-0.39, 0.29) is 6.42 Å². The molecule has 0 aliphatic carbocycles. The Morgan fingerprint density at radius 3 is 0.827 bits per heavy atom. The molecule has 110 heavy (non-hydrogen) atoms. The van der Waals surface area contributed by atoms with Gasteiger partial charge in [-0.1, -0.05) is 0 Å². The van der Waals surface area contributed by atoms with Crippen molar-refractivity contribution >= 4 is 51.1 Å². The summed E-state index contributed by atoms with van der Waals surface area (Å²) in [6.45, 7) is 6.41. The fraction of sp³-hybridized carbons (Fsp3) is 0.245. The lowest BCUT2D eigenvalue weighted by Gasteiger charge is -2.20. The molecule has 1 N–H and O–H groups in total. The van der Waals surface area contributed by atoms with Crippen LogP contribution in [0.5, 0.6) is 0 Å². The van der Waals surface area contributed by atoms with Gasteiger partial charge in [-0.3, -0.25) is 4.79 Å². The minimum atomic E-state index is -0.752. The molecule has 8 bridgehead atoms. The van der Waals surface area contributed by atoms with Gasteiger partial charge in [0.1, 0.15) is 53.4 Å². The first kappa shape index (κ1) is 73.1. The van der Waals surface area contributed by atoms with Crippen LogP contribution in [0.15, 0.2) is 348 Å². The van der Waals surface area contributed by atoms with Gasteiger partial charge in [0.2, 0.25) is 0 Å². The average molecular weight is 1460 g/mol. The molecule has 0 atom stereocenters. The monoisotopic (exact) mass is 1450 g/mol. The first-order chi connectivity index (χ1) is 54.0. The fourth-order valence-corrected chi connectivity index (χ4v) is 14.9. The van der Waals surface area contributed by atoms with E-state index in [1.807, 2.05) is 21.1 Å². The second-order valence-corrected chi connectivity index (χ2v) is 29.3. The quantitative estimate of drug-likeness (QED) is 0.0356. The normalized spacial score (nSPS) is 15.6. The lowest BCUT2D eigenvalue weighted by atomic mass is 9.99. The van der Waals surface area contributed by atoms with Crippen molar-refractivity contribution in [1.82, 2.24) is 9.80 Å². The topological polar surface area (TPSA) is 124 Å². The van der Waals surface area contributed by atoms with Crippen LogP contribution in [0.25, 0.3) is 44.5 Å². The molecule has 16 nitrogen and oxygen atoms in total. The van der Waals surface area contributed by atoms with Crippen molar-refractivity contribution in [2.75, 3.05) is 13.6 Å². The van der Waals surface area contributed by atoms with Gasteiger partial charge in [-0.25, -0.2) is 56.5 Å². The van der Waals surface area contributed by atoms with Gasteiger partial charge in [0.25, 0.3) is 0 Å². The van der Waals surface area contributed by atoms with Crippen molar-refractivity contribution in [1.29, 1.82) is 0 Å². The zero-order valence-electron chi connectivity index (χ0n) is 63.5. The van der Waals surface area contributed by atoms with E-state index in [0.717, 1.165) is 207 Å². The molecule has 8 aromatic heterocycles. The third-order valence-electron chi connectivity index (χ3n) is 21.2. The molecule has 15 rings (SSSR count). The molecular formula is C94H98N14O2+8. The molecule has 15 heterocycles. The maximum absolute atomic E-state index is 11.3. The number of allylic oxidation sites excluding steroid dienone is 18. The van der Waals surface area contributed by atoms with E-state index < -0.39 is 5.97 Å². The predicted octanol–water partition coefficient (Wildman–Crippen LogP) is 13.6. The van der Waals surface area contributed by atoms with Gasteiger partial charge in [-0.2, -0.15) is 0 Å². The molecule has 7 aliphatic heterocycles. The van der Waals surface area contributed by atoms with E-state index >= 15 is 0 Å². The number of pyridine rings is 8. The standard InChI is InChI=1S/C94H97N14O2/c1-99-52-25-72(26-53-99)75-31-58-102(59-32-75)46-10-5-13-49-106-66-39-79(40-67-106)92-84-19-17-82(95-84)91(78-37-64-105(65-38-78)45-9-4-8-16-90(109)110)83-18-20-85(96-83)93(80-41-68-107(69-42-80)50-14-6-11-47-103-60-33-76(34-61-103)73-27-54-100(2)55-28-73)87-22-24-89(98-87)94(88-23-21-86(92)97-88)81-43-70-108(71-44-81)51-15-7-12-48-104-62-35-77(36-63-104)74-29-56-101(3)57-30-74/h17-44,52-71H,4-16,45-51H2,1-3H3/q+7/p+1. The summed E-state index contributed by atoms with van der Waals surface area (Å²) < 4.78 is 17.8. The summed E-state index contributed by atoms with van der Waals surface area (Å²) >= 11 is 0. The highest BCUT2D eigenvalue weighted by molar-refractivity contribution is 6.39. The Morgan fingerprint density at radius 2 is 0.545 bits per heavy atom. The van der Waals surface area contributed by atoms with Crippen LogP contribution in [0.3, 0.4) is 0 Å². The van der Waals surface area contributed by atoms with Crippen LogP contribution in [0.2, 0.25) is 0 Å². The number of aliphatic carboxylic acids is 1. The van der Waals surface area contributed by atoms with Crippen molar-refractivity contribution in [3.05, 3.63) is 350 Å². The van der Waals surface area contributed by atoms with Crippen LogP contribution >= 0.6 is 0 Å². The molecule has 0 radical (unpaired) electrons. The van der Waals surface area contributed by atoms with Crippen LogP contribution in [0.4, 0.5) is 0 Å². The van der Waals surface area contributed by atoms with Crippen molar-refractivity contribution in [2.45, 2.75) is 123 Å². The minimum Gasteiger partial charge on any atom is -0.481 e. The SMILES string of the molecule is CN1C=CC(=C2C=CN(CCCCC[n+]3ccc(C4=C5C=CC(=N5)C(c5cc[n+](CCCCC[n+]6ccc(-c7cc[n+](C)cc7)cc6)cc5)=C5C=CC(=N5)C(c5cc[n+](CCCCCC(=O)O)cc5)=C5C=CC(=N5)C(c5cc[n+](CCCCC[n+]6ccc(-c7cc[n+](C)cc7)cc6)cc5)=C5C=CC4=N5)cc3)C=C2)C=C1. The highest BCUT2D eigenvalue weighted by Crippen LogP contribution is 2.39. The number of nitrogens with zero attached hydrogens (tertiary/aromatic N) is 14. The Morgan fingerprint density at radius 1 is 0.300 bits per heavy atom. The lowest BCUT2D eigenvalue weighted by molar-refractivity contribution is -0.701. The Labute approximate surface area is 646 Å². The van der Waals surface area contributed by atoms with Crippen LogP contribution in [0, 0.1) is 0 Å². The first-order valence-electron chi connectivity index (χ1n) is 39.1. The van der Waals surface area contributed by atoms with E-state index in [9.17, 15) is 9.90 Å². The molecule has 16 heteroatoms. The summed E-state index contributed by atoms with van der Waals surface area (Å²) in [7, 11) is 6.14. The summed E-state index contributed by atoms with van der Waals surface area (Å²) in [5.41, 5.74) is 21.6. The van der Waals surface area contributed by atoms with E-state index in [0.29, 0.717) is 6.42 Å². The number of fused-ring (bicyclic) bond motifs is 4. The number of aryl methyl sites for hydroxylation is 8. The van der Waals surface area contributed by atoms with E-state index in [4.69, 9.17) is 20.0 Å². The molecule has 0 amide bonds. The fourth-order valence-electron chi connectivity index (χ4n) is 14.9. The molecule has 8 aromatic rings. The smallest absolute Gasteiger partial charge is 0.303 e. The van der Waals surface area contributed by atoms with Crippen molar-refractivity contribution in [2.24, 2.45) is 34.1 Å². The Hall–Kier alpha value is -12.4. The Kier molecular flexibility index (Phi) is 23.3.